The van der Waals surface area contributed by atoms with Crippen molar-refractivity contribution in [2.45, 2.75) is 25.3 Å². The smallest absolute Gasteiger partial charge is 0.347 e. The number of anilines is 1. The van der Waals surface area contributed by atoms with Gasteiger partial charge in [-0.3, -0.25) is 44.2 Å². The van der Waals surface area contributed by atoms with Crippen molar-refractivity contribution in [2.75, 3.05) is 24.4 Å². The van der Waals surface area contributed by atoms with E-state index in [1.807, 2.05) is 0 Å². The van der Waals surface area contributed by atoms with Crippen LogP contribution in [0.3, 0.4) is 0 Å². The monoisotopic (exact) mass is 776 g/mol. The Kier molecular flexibility index (Phi) is 13.4. The highest BCUT2D eigenvalue weighted by Gasteiger charge is 2.53. The van der Waals surface area contributed by atoms with Crippen LogP contribution in [0.5, 0.6) is 0 Å². The third kappa shape index (κ3) is 10.7. The number of carbonyl (C=O) groups excluding carboxylic acids is 6. The Labute approximate surface area is 305 Å². The van der Waals surface area contributed by atoms with Crippen molar-refractivity contribution in [3.63, 3.8) is 0 Å². The third-order valence-corrected chi connectivity index (χ3v) is 7.71. The number of alkyl halides is 1. The highest BCUT2D eigenvalue weighted by Crippen LogP contribution is 2.22. The van der Waals surface area contributed by atoms with Gasteiger partial charge in [0.25, 0.3) is 23.2 Å². The summed E-state index contributed by atoms with van der Waals surface area (Å²) in [5.74, 6) is -6.27. The zero-order valence-electron chi connectivity index (χ0n) is 26.7. The zero-order valence-corrected chi connectivity index (χ0v) is 28.3. The van der Waals surface area contributed by atoms with E-state index in [2.05, 4.69) is 20.8 Å². The summed E-state index contributed by atoms with van der Waals surface area (Å²) in [6, 6.07) is 7.09. The number of nitrogens with zero attached hydrogens (tertiary/aromatic N) is 5. The Hall–Kier alpha value is -6.59. The van der Waals surface area contributed by atoms with Crippen LogP contribution < -0.4 is 16.4 Å². The summed E-state index contributed by atoms with van der Waals surface area (Å²) in [6.45, 7) is -2.26. The number of nitrogens with one attached hydrogen (secondary N) is 2. The molecule has 1 saturated heterocycles. The van der Waals surface area contributed by atoms with Gasteiger partial charge in [0, 0.05) is 29.6 Å². The number of rotatable bonds is 18. The first kappa shape index (κ1) is 39.2. The Morgan fingerprint density at radius 3 is 1.98 bits per heavy atom. The number of ether oxygens (including phenoxy) is 2. The molecule has 2 atom stereocenters. The lowest BCUT2D eigenvalue weighted by Gasteiger charge is -2.43. The number of non-ortho nitro benzene ring substituents is 2. The number of thiazole rings is 1. The number of halogens is 1. The molecule has 0 bridgehead atoms. The van der Waals surface area contributed by atoms with E-state index in [0.717, 1.165) is 11.3 Å². The highest BCUT2D eigenvalue weighted by molar-refractivity contribution is 7.14. The summed E-state index contributed by atoms with van der Waals surface area (Å²) >= 11 is 6.35. The number of oxime groups is 1. The summed E-state index contributed by atoms with van der Waals surface area (Å²) in [5.41, 5.74) is 5.09. The van der Waals surface area contributed by atoms with Gasteiger partial charge in [0.05, 0.1) is 9.85 Å². The fraction of sp³-hybridized carbons (Fsp3) is 0.241. The molecular weight excluding hydrogens is 752 g/mol. The molecule has 0 saturated carbocycles. The molecular formula is C29H25ClN8O14S. The molecule has 2 aromatic carbocycles. The first-order valence-electron chi connectivity index (χ1n) is 14.6. The van der Waals surface area contributed by atoms with E-state index in [-0.39, 0.29) is 35.4 Å². The Morgan fingerprint density at radius 2 is 1.47 bits per heavy atom. The van der Waals surface area contributed by atoms with Crippen molar-refractivity contribution in [1.82, 2.24) is 15.4 Å². The molecule has 4 amide bonds. The van der Waals surface area contributed by atoms with Crippen LogP contribution in [0.15, 0.2) is 59.1 Å². The van der Waals surface area contributed by atoms with Crippen LogP contribution in [0.1, 0.15) is 16.8 Å². The van der Waals surface area contributed by atoms with Gasteiger partial charge in [-0.1, -0.05) is 5.16 Å². The number of primary amides is 1. The van der Waals surface area contributed by atoms with Gasteiger partial charge in [0.15, 0.2) is 23.5 Å². The number of hydrogen-bond donors (Lipinski definition) is 3. The molecule has 24 heteroatoms. The Balaban J connectivity index is 1.37. The number of aromatic nitrogens is 1. The molecule has 22 nitrogen and oxygen atoms in total. The minimum absolute atomic E-state index is 0.0107. The van der Waals surface area contributed by atoms with Crippen molar-refractivity contribution in [2.24, 2.45) is 10.9 Å². The lowest BCUT2D eigenvalue weighted by atomic mass is 9.97. The van der Waals surface area contributed by atoms with Crippen LogP contribution in [0, 0.1) is 20.2 Å². The number of nitro groups is 2. The predicted molar refractivity (Wildman–Crippen MR) is 177 cm³/mol. The second-order valence-electron chi connectivity index (χ2n) is 10.3. The third-order valence-electron chi connectivity index (χ3n) is 6.71. The summed E-state index contributed by atoms with van der Waals surface area (Å²) in [4.78, 5) is 109. The largest absolute Gasteiger partial charge is 0.459 e. The van der Waals surface area contributed by atoms with Gasteiger partial charge < -0.3 is 30.7 Å². The van der Waals surface area contributed by atoms with Crippen molar-refractivity contribution in [3.8, 4) is 0 Å². The maximum absolute atomic E-state index is 13.4. The van der Waals surface area contributed by atoms with Crippen molar-refractivity contribution in [3.05, 3.63) is 91.0 Å². The molecule has 0 aliphatic carbocycles. The predicted octanol–water partition coefficient (Wildman–Crippen LogP) is 0.457. The van der Waals surface area contributed by atoms with Crippen LogP contribution in [-0.2, 0) is 61.1 Å². The maximum atomic E-state index is 13.4. The molecule has 2 unspecified atom stereocenters. The standard InChI is InChI=1S/C29H25ClN8O14S/c30-9-20(39)33-29-32-19(14-53-29)23(35-51-12-21(40)49-10-15-1-5-17(6-2-15)37(45)46)27(43)34-24-25(26(31)42)36(28(24)44)52-13-22(41)50-11-16-3-7-18(8-4-16)38(47)48/h1-8,14,24-25H,9-13H2,(H2,31,42)(H,34,43)(H,32,33,39)/b35-23+. The van der Waals surface area contributed by atoms with E-state index in [1.54, 1.807) is 0 Å². The average molecular weight is 777 g/mol. The molecule has 2 heterocycles. The normalized spacial score (nSPS) is 15.1. The number of hydroxylamine groups is 2. The molecule has 0 spiro atoms. The molecule has 53 heavy (non-hydrogen) atoms. The molecule has 1 fully saturated rings. The summed E-state index contributed by atoms with van der Waals surface area (Å²) in [5, 5.41) is 31.6. The van der Waals surface area contributed by atoms with Crippen LogP contribution >= 0.6 is 22.9 Å². The van der Waals surface area contributed by atoms with Crippen molar-refractivity contribution < 1.29 is 57.8 Å². The minimum Gasteiger partial charge on any atom is -0.459 e. The number of nitrogens with two attached hydrogens (primary N) is 1. The second-order valence-corrected chi connectivity index (χ2v) is 11.5. The van der Waals surface area contributed by atoms with Crippen molar-refractivity contribution in [1.29, 1.82) is 0 Å². The fourth-order valence-corrected chi connectivity index (χ4v) is 4.92. The molecule has 4 rings (SSSR count). The number of carbonyl (C=O) groups is 6. The van der Waals surface area contributed by atoms with Crippen LogP contribution in [-0.4, -0.2) is 92.4 Å². The van der Waals surface area contributed by atoms with Crippen LogP contribution in [0.2, 0.25) is 0 Å². The number of amides is 4. The lowest BCUT2D eigenvalue weighted by molar-refractivity contribution is -0.385. The number of hydrogen-bond acceptors (Lipinski definition) is 17. The second kappa shape index (κ2) is 18.1. The maximum Gasteiger partial charge on any atom is 0.347 e. The van der Waals surface area contributed by atoms with Gasteiger partial charge in [-0.05, 0) is 35.4 Å². The van der Waals surface area contributed by atoms with Gasteiger partial charge >= 0.3 is 11.9 Å². The van der Waals surface area contributed by atoms with Gasteiger partial charge in [-0.25, -0.2) is 19.6 Å². The number of nitro benzene ring substituents is 2. The molecule has 278 valence electrons. The van der Waals surface area contributed by atoms with Gasteiger partial charge in [-0.15, -0.1) is 22.9 Å². The van der Waals surface area contributed by atoms with Crippen molar-refractivity contribution >= 4 is 80.7 Å². The first-order chi connectivity index (χ1) is 25.3. The first-order valence-corrected chi connectivity index (χ1v) is 16.0. The molecule has 4 N–H and O–H groups in total. The Bertz CT molecular complexity index is 1940. The summed E-state index contributed by atoms with van der Waals surface area (Å²) in [6.07, 6.45) is 0. The fourth-order valence-electron chi connectivity index (χ4n) is 4.14. The van der Waals surface area contributed by atoms with Gasteiger partial charge in [-0.2, -0.15) is 0 Å². The SMILES string of the molecule is NC(=O)C1C(NC(=O)/C(=N/OCC(=O)OCc2ccc([N+](=O)[O-])cc2)c2csc(NC(=O)CCl)n2)C(=O)N1OCC(=O)OCc1ccc([N+](=O)[O-])cc1. The molecule has 1 aromatic heterocycles. The zero-order chi connectivity index (χ0) is 38.7. The minimum atomic E-state index is -1.62. The van der Waals surface area contributed by atoms with Gasteiger partial charge in [0.2, 0.25) is 18.4 Å². The van der Waals surface area contributed by atoms with Crippen LogP contribution in [0.25, 0.3) is 0 Å². The van der Waals surface area contributed by atoms with Gasteiger partial charge in [0.1, 0.15) is 30.8 Å². The molecule has 1 aliphatic rings. The topological polar surface area (TPSA) is 304 Å². The summed E-state index contributed by atoms with van der Waals surface area (Å²) < 4.78 is 10.0. The quantitative estimate of drug-likeness (QED) is 0.0395. The lowest BCUT2D eigenvalue weighted by Crippen LogP contribution is -2.74. The average Bonchev–Trinajstić information content (AvgIpc) is 3.59. The molecule has 0 radical (unpaired) electrons. The molecule has 1 aliphatic heterocycles. The molecule has 3 aromatic rings. The number of esters is 2. The highest BCUT2D eigenvalue weighted by atomic mass is 35.5. The van der Waals surface area contributed by atoms with E-state index in [9.17, 15) is 49.0 Å². The van der Waals surface area contributed by atoms with E-state index in [4.69, 9.17) is 36.5 Å². The van der Waals surface area contributed by atoms with E-state index < -0.39 is 82.3 Å². The van der Waals surface area contributed by atoms with E-state index >= 15 is 0 Å². The summed E-state index contributed by atoms with van der Waals surface area (Å²) in [7, 11) is 0. The van der Waals surface area contributed by atoms with E-state index in [1.165, 1.54) is 53.9 Å². The number of benzene rings is 2. The van der Waals surface area contributed by atoms with E-state index in [0.29, 0.717) is 16.2 Å². The Morgan fingerprint density at radius 1 is 0.925 bits per heavy atom. The van der Waals surface area contributed by atoms with Crippen LogP contribution in [0.4, 0.5) is 16.5 Å². The number of β-lactam (4-membered cyclic amide) rings is 1.